The Morgan fingerprint density at radius 1 is 1.30 bits per heavy atom. The van der Waals surface area contributed by atoms with E-state index in [4.69, 9.17) is 15.2 Å². The van der Waals surface area contributed by atoms with Crippen LogP contribution in [-0.4, -0.2) is 37.0 Å². The van der Waals surface area contributed by atoms with Gasteiger partial charge in [-0.3, -0.25) is 4.90 Å². The Morgan fingerprint density at radius 3 is 2.85 bits per heavy atom. The monoisotopic (exact) mass is 280 g/mol. The number of hydrogen-bond donors (Lipinski definition) is 1. The molecule has 2 saturated heterocycles. The molecule has 2 fully saturated rings. The maximum atomic E-state index is 13.9. The SMILES string of the molecule is NCc1ccc(F)c(CN2CCCC3(C2)OCCO3)c1. The van der Waals surface area contributed by atoms with E-state index in [1.165, 1.54) is 6.07 Å². The molecule has 5 heteroatoms. The van der Waals surface area contributed by atoms with Crippen LogP contribution in [0.15, 0.2) is 18.2 Å². The van der Waals surface area contributed by atoms with Gasteiger partial charge in [-0.2, -0.15) is 0 Å². The minimum Gasteiger partial charge on any atom is -0.346 e. The molecule has 0 aliphatic carbocycles. The summed E-state index contributed by atoms with van der Waals surface area (Å²) in [6.45, 7) is 3.98. The Labute approximate surface area is 118 Å². The lowest BCUT2D eigenvalue weighted by molar-refractivity contribution is -0.190. The van der Waals surface area contributed by atoms with E-state index in [-0.39, 0.29) is 5.82 Å². The van der Waals surface area contributed by atoms with Gasteiger partial charge in [-0.1, -0.05) is 12.1 Å². The Morgan fingerprint density at radius 2 is 2.10 bits per heavy atom. The number of benzene rings is 1. The smallest absolute Gasteiger partial charge is 0.181 e. The average Bonchev–Trinajstić information content (AvgIpc) is 2.89. The largest absolute Gasteiger partial charge is 0.346 e. The van der Waals surface area contributed by atoms with Crippen LogP contribution in [0, 0.1) is 5.82 Å². The fourth-order valence-corrected chi connectivity index (χ4v) is 3.06. The Hall–Kier alpha value is -1.01. The zero-order valence-electron chi connectivity index (χ0n) is 11.6. The highest BCUT2D eigenvalue weighted by molar-refractivity contribution is 5.25. The molecule has 0 amide bonds. The van der Waals surface area contributed by atoms with Gasteiger partial charge in [0.1, 0.15) is 5.82 Å². The normalized spacial score (nSPS) is 22.5. The van der Waals surface area contributed by atoms with Crippen molar-refractivity contribution in [3.63, 3.8) is 0 Å². The summed E-state index contributed by atoms with van der Waals surface area (Å²) in [5.41, 5.74) is 7.28. The third-order valence-corrected chi connectivity index (χ3v) is 4.05. The first-order chi connectivity index (χ1) is 9.71. The number of hydrogen-bond acceptors (Lipinski definition) is 4. The summed E-state index contributed by atoms with van der Waals surface area (Å²) in [6.07, 6.45) is 1.94. The standard InChI is InChI=1S/C15H21FN2O2/c16-14-3-2-12(9-17)8-13(14)10-18-5-1-4-15(11-18)19-6-7-20-15/h2-3,8H,1,4-7,9-11,17H2. The van der Waals surface area contributed by atoms with Gasteiger partial charge >= 0.3 is 0 Å². The van der Waals surface area contributed by atoms with Gasteiger partial charge in [0, 0.05) is 25.1 Å². The van der Waals surface area contributed by atoms with E-state index in [1.807, 2.05) is 6.07 Å². The maximum absolute atomic E-state index is 13.9. The molecule has 2 aliphatic heterocycles. The molecular formula is C15H21FN2O2. The first-order valence-electron chi connectivity index (χ1n) is 7.18. The van der Waals surface area contributed by atoms with E-state index < -0.39 is 5.79 Å². The van der Waals surface area contributed by atoms with Gasteiger partial charge in [-0.15, -0.1) is 0 Å². The van der Waals surface area contributed by atoms with E-state index in [0.29, 0.717) is 38.4 Å². The van der Waals surface area contributed by atoms with E-state index in [2.05, 4.69) is 4.90 Å². The molecule has 1 spiro atoms. The van der Waals surface area contributed by atoms with Crippen molar-refractivity contribution < 1.29 is 13.9 Å². The summed E-state index contributed by atoms with van der Waals surface area (Å²) >= 11 is 0. The molecule has 3 rings (SSSR count). The molecule has 0 aromatic heterocycles. The topological polar surface area (TPSA) is 47.7 Å². The van der Waals surface area contributed by atoms with Gasteiger partial charge in [0.05, 0.1) is 19.8 Å². The van der Waals surface area contributed by atoms with Crippen LogP contribution in [-0.2, 0) is 22.6 Å². The molecule has 20 heavy (non-hydrogen) atoms. The number of halogens is 1. The van der Waals surface area contributed by atoms with Gasteiger partial charge < -0.3 is 15.2 Å². The molecule has 2 heterocycles. The van der Waals surface area contributed by atoms with Crippen molar-refractivity contribution in [3.8, 4) is 0 Å². The summed E-state index contributed by atoms with van der Waals surface area (Å²) in [4.78, 5) is 2.20. The molecule has 0 bridgehead atoms. The van der Waals surface area contributed by atoms with Crippen LogP contribution in [0.2, 0.25) is 0 Å². The van der Waals surface area contributed by atoms with Crippen LogP contribution < -0.4 is 5.73 Å². The maximum Gasteiger partial charge on any atom is 0.181 e. The molecule has 4 nitrogen and oxygen atoms in total. The van der Waals surface area contributed by atoms with Gasteiger partial charge in [-0.05, 0) is 24.6 Å². The lowest BCUT2D eigenvalue weighted by Crippen LogP contribution is -2.48. The van der Waals surface area contributed by atoms with Gasteiger partial charge in [0.25, 0.3) is 0 Å². The highest BCUT2D eigenvalue weighted by Crippen LogP contribution is 2.31. The second-order valence-corrected chi connectivity index (χ2v) is 5.55. The van der Waals surface area contributed by atoms with E-state index in [1.54, 1.807) is 6.07 Å². The van der Waals surface area contributed by atoms with Gasteiger partial charge in [0.15, 0.2) is 5.79 Å². The highest BCUT2D eigenvalue weighted by Gasteiger charge is 2.40. The van der Waals surface area contributed by atoms with Crippen LogP contribution in [0.4, 0.5) is 4.39 Å². The second kappa shape index (κ2) is 5.77. The Balaban J connectivity index is 1.71. The second-order valence-electron chi connectivity index (χ2n) is 5.55. The fraction of sp³-hybridized carbons (Fsp3) is 0.600. The number of rotatable bonds is 3. The predicted octanol–water partition coefficient (Wildman–Crippen LogP) is 1.62. The number of nitrogens with zero attached hydrogens (tertiary/aromatic N) is 1. The molecule has 2 aliphatic rings. The minimum atomic E-state index is -0.458. The summed E-state index contributed by atoms with van der Waals surface area (Å²) in [6, 6.07) is 5.09. The summed E-state index contributed by atoms with van der Waals surface area (Å²) in [7, 11) is 0. The third-order valence-electron chi connectivity index (χ3n) is 4.05. The third kappa shape index (κ3) is 2.86. The molecule has 0 radical (unpaired) electrons. The predicted molar refractivity (Wildman–Crippen MR) is 73.4 cm³/mol. The van der Waals surface area contributed by atoms with Crippen LogP contribution in [0.3, 0.4) is 0 Å². The molecule has 0 unspecified atom stereocenters. The van der Waals surface area contributed by atoms with Crippen LogP contribution >= 0.6 is 0 Å². The first kappa shape index (κ1) is 13.9. The van der Waals surface area contributed by atoms with Crippen molar-refractivity contribution >= 4 is 0 Å². The van der Waals surface area contributed by atoms with Crippen molar-refractivity contribution in [3.05, 3.63) is 35.1 Å². The lowest BCUT2D eigenvalue weighted by atomic mass is 10.0. The fourth-order valence-electron chi connectivity index (χ4n) is 3.06. The van der Waals surface area contributed by atoms with Crippen molar-refractivity contribution in [2.45, 2.75) is 31.7 Å². The number of piperidine rings is 1. The summed E-state index contributed by atoms with van der Waals surface area (Å²) in [5.74, 6) is -0.629. The van der Waals surface area contributed by atoms with E-state index in [9.17, 15) is 4.39 Å². The molecule has 1 aromatic carbocycles. The number of likely N-dealkylation sites (tertiary alicyclic amines) is 1. The lowest BCUT2D eigenvalue weighted by Gasteiger charge is -2.38. The minimum absolute atomic E-state index is 0.171. The number of nitrogens with two attached hydrogens (primary N) is 1. The molecular weight excluding hydrogens is 259 g/mol. The van der Waals surface area contributed by atoms with E-state index in [0.717, 1.165) is 24.9 Å². The summed E-state index contributed by atoms with van der Waals surface area (Å²) in [5, 5.41) is 0. The molecule has 2 N–H and O–H groups in total. The zero-order chi connectivity index (χ0) is 14.0. The highest BCUT2D eigenvalue weighted by atomic mass is 19.1. The van der Waals surface area contributed by atoms with Crippen LogP contribution in [0.1, 0.15) is 24.0 Å². The average molecular weight is 280 g/mol. The number of ether oxygens (including phenoxy) is 2. The van der Waals surface area contributed by atoms with Gasteiger partial charge in [0.2, 0.25) is 0 Å². The van der Waals surface area contributed by atoms with Crippen molar-refractivity contribution in [2.24, 2.45) is 5.73 Å². The van der Waals surface area contributed by atoms with Gasteiger partial charge in [-0.25, -0.2) is 4.39 Å². The molecule has 1 aromatic rings. The Bertz CT molecular complexity index is 475. The molecule has 110 valence electrons. The van der Waals surface area contributed by atoms with E-state index >= 15 is 0 Å². The van der Waals surface area contributed by atoms with Crippen molar-refractivity contribution in [2.75, 3.05) is 26.3 Å². The van der Waals surface area contributed by atoms with Crippen molar-refractivity contribution in [1.29, 1.82) is 0 Å². The summed E-state index contributed by atoms with van der Waals surface area (Å²) < 4.78 is 25.4. The van der Waals surface area contributed by atoms with Crippen molar-refractivity contribution in [1.82, 2.24) is 4.90 Å². The quantitative estimate of drug-likeness (QED) is 0.914. The van der Waals surface area contributed by atoms with Crippen LogP contribution in [0.5, 0.6) is 0 Å². The molecule has 0 atom stereocenters. The molecule has 0 saturated carbocycles. The zero-order valence-corrected chi connectivity index (χ0v) is 11.6. The van der Waals surface area contributed by atoms with Crippen LogP contribution in [0.25, 0.3) is 0 Å². The Kier molecular flexibility index (Phi) is 4.03. The first-order valence-corrected chi connectivity index (χ1v) is 7.18.